The molecule has 1 aromatic rings. The van der Waals surface area contributed by atoms with E-state index in [4.69, 9.17) is 9.47 Å². The number of rotatable bonds is 12. The predicted molar refractivity (Wildman–Crippen MR) is 121 cm³/mol. The van der Waals surface area contributed by atoms with Crippen molar-refractivity contribution >= 4 is 34.4 Å². The van der Waals surface area contributed by atoms with Crippen LogP contribution in [0.1, 0.15) is 71.4 Å². The van der Waals surface area contributed by atoms with Gasteiger partial charge in [0.25, 0.3) is 5.88 Å². The molecule has 8 heteroatoms. The Bertz CT molecular complexity index is 665. The number of thioether (sulfide) groups is 1. The average molecular weight is 443 g/mol. The second kappa shape index (κ2) is 12.5. The molecule has 0 spiro atoms. The van der Waals surface area contributed by atoms with Gasteiger partial charge in [-0.1, -0.05) is 46.1 Å². The molecule has 0 fully saturated rings. The molecule has 0 N–H and O–H groups in total. The Balaban J connectivity index is 2.06. The fourth-order valence-electron chi connectivity index (χ4n) is 3.66. The van der Waals surface area contributed by atoms with E-state index in [1.54, 1.807) is 0 Å². The van der Waals surface area contributed by atoms with Crippen LogP contribution >= 0.6 is 23.5 Å². The summed E-state index contributed by atoms with van der Waals surface area (Å²) in [6, 6.07) is 0. The van der Waals surface area contributed by atoms with Gasteiger partial charge in [0.15, 0.2) is 0 Å². The molecular weight excluding hydrogens is 406 g/mol. The molecule has 2 atom stereocenters. The van der Waals surface area contributed by atoms with Gasteiger partial charge in [0.2, 0.25) is 6.23 Å². The van der Waals surface area contributed by atoms with E-state index < -0.39 is 0 Å². The van der Waals surface area contributed by atoms with Gasteiger partial charge in [-0.25, -0.2) is 4.79 Å². The van der Waals surface area contributed by atoms with Crippen molar-refractivity contribution in [3.8, 4) is 5.88 Å². The van der Waals surface area contributed by atoms with Crippen LogP contribution in [0.5, 0.6) is 5.88 Å². The second-order valence-electron chi connectivity index (χ2n) is 7.75. The van der Waals surface area contributed by atoms with Crippen molar-refractivity contribution in [1.29, 1.82) is 0 Å². The van der Waals surface area contributed by atoms with Crippen LogP contribution < -0.4 is 4.74 Å². The van der Waals surface area contributed by atoms with Crippen LogP contribution in [-0.2, 0) is 4.74 Å². The van der Waals surface area contributed by atoms with E-state index in [2.05, 4.69) is 35.7 Å². The van der Waals surface area contributed by atoms with Gasteiger partial charge in [-0.05, 0) is 24.6 Å². The molecule has 0 saturated heterocycles. The molecule has 1 aliphatic rings. The third kappa shape index (κ3) is 7.26. The first-order valence-electron chi connectivity index (χ1n) is 10.9. The van der Waals surface area contributed by atoms with Crippen molar-refractivity contribution in [2.24, 2.45) is 0 Å². The zero-order valence-corrected chi connectivity index (χ0v) is 19.9. The SMILES string of the molecule is CCCCCCOc1nsnc1C1=CCC[N+](C)(C(CCC)OC(=O)SCC)C1. The number of quaternary nitrogens is 1. The summed E-state index contributed by atoms with van der Waals surface area (Å²) in [5.41, 5.74) is 2.01. The van der Waals surface area contributed by atoms with Crippen LogP contribution in [0.15, 0.2) is 6.08 Å². The second-order valence-corrected chi connectivity index (χ2v) is 9.48. The lowest BCUT2D eigenvalue weighted by molar-refractivity contribution is -0.946. The highest BCUT2D eigenvalue weighted by molar-refractivity contribution is 8.13. The van der Waals surface area contributed by atoms with E-state index >= 15 is 0 Å². The normalized spacial score (nSPS) is 20.2. The topological polar surface area (TPSA) is 61.3 Å². The zero-order chi connectivity index (χ0) is 21.1. The average Bonchev–Trinajstić information content (AvgIpc) is 3.16. The highest BCUT2D eigenvalue weighted by Gasteiger charge is 2.38. The van der Waals surface area contributed by atoms with Crippen LogP contribution in [-0.4, -0.2) is 57.3 Å². The van der Waals surface area contributed by atoms with E-state index in [9.17, 15) is 4.79 Å². The number of ether oxygens (including phenoxy) is 2. The molecule has 164 valence electrons. The molecule has 2 unspecified atom stereocenters. The minimum atomic E-state index is -0.173. The summed E-state index contributed by atoms with van der Waals surface area (Å²) in [5, 5.41) is -0.173. The Hall–Kier alpha value is -1.12. The van der Waals surface area contributed by atoms with E-state index in [0.29, 0.717) is 17.0 Å². The van der Waals surface area contributed by atoms with Crippen LogP contribution in [0.4, 0.5) is 4.79 Å². The van der Waals surface area contributed by atoms with Gasteiger partial charge >= 0.3 is 5.30 Å². The third-order valence-electron chi connectivity index (χ3n) is 5.29. The van der Waals surface area contributed by atoms with Crippen molar-refractivity contribution in [3.63, 3.8) is 0 Å². The third-order valence-corrected chi connectivity index (χ3v) is 6.42. The van der Waals surface area contributed by atoms with Crippen LogP contribution in [0.3, 0.4) is 0 Å². The van der Waals surface area contributed by atoms with Gasteiger partial charge in [-0.15, -0.1) is 4.37 Å². The van der Waals surface area contributed by atoms with Gasteiger partial charge in [-0.3, -0.25) is 4.48 Å². The first-order chi connectivity index (χ1) is 14.0. The minimum absolute atomic E-state index is 0.139. The Morgan fingerprint density at radius 2 is 2.07 bits per heavy atom. The van der Waals surface area contributed by atoms with E-state index in [1.807, 2.05) is 6.92 Å². The molecule has 0 saturated carbocycles. The van der Waals surface area contributed by atoms with Crippen LogP contribution in [0.2, 0.25) is 0 Å². The maximum absolute atomic E-state index is 12.1. The number of carbonyl (C=O) groups is 1. The van der Waals surface area contributed by atoms with Crippen molar-refractivity contribution in [2.75, 3.05) is 32.5 Å². The van der Waals surface area contributed by atoms with Gasteiger partial charge in [0, 0.05) is 24.2 Å². The maximum Gasteiger partial charge on any atom is 0.371 e. The monoisotopic (exact) mass is 442 g/mol. The number of nitrogens with zero attached hydrogens (tertiary/aromatic N) is 3. The van der Waals surface area contributed by atoms with Gasteiger partial charge in [-0.2, -0.15) is 4.37 Å². The Kier molecular flexibility index (Phi) is 10.4. The molecule has 2 rings (SSSR count). The van der Waals surface area contributed by atoms with E-state index in [0.717, 1.165) is 55.8 Å². The van der Waals surface area contributed by atoms with E-state index in [-0.39, 0.29) is 11.5 Å². The summed E-state index contributed by atoms with van der Waals surface area (Å²) in [5.74, 6) is 1.38. The molecule has 0 aliphatic carbocycles. The largest absolute Gasteiger partial charge is 0.475 e. The summed E-state index contributed by atoms with van der Waals surface area (Å²) in [6.07, 6.45) is 9.54. The summed E-state index contributed by atoms with van der Waals surface area (Å²) in [7, 11) is 2.18. The number of aromatic nitrogens is 2. The van der Waals surface area contributed by atoms with Crippen molar-refractivity contribution in [3.05, 3.63) is 11.8 Å². The first kappa shape index (κ1) is 24.2. The molecule has 0 amide bonds. The number of carbonyl (C=O) groups excluding carboxylic acids is 1. The van der Waals surface area contributed by atoms with Gasteiger partial charge in [0.05, 0.1) is 31.9 Å². The summed E-state index contributed by atoms with van der Waals surface area (Å²) in [4.78, 5) is 12.1. The lowest BCUT2D eigenvalue weighted by atomic mass is 10.0. The van der Waals surface area contributed by atoms with Gasteiger partial charge in [0.1, 0.15) is 12.2 Å². The summed E-state index contributed by atoms with van der Waals surface area (Å²) in [6.45, 7) is 8.71. The maximum atomic E-state index is 12.1. The standard InChI is InChI=1S/C21H36N3O3S2/c1-5-8-9-10-15-26-20-19(22-29-23-20)17-13-11-14-24(4,16-17)18(12-6-2)27-21(25)28-7-3/h13,18H,5-12,14-16H2,1-4H3/q+1. The molecule has 6 nitrogen and oxygen atoms in total. The molecule has 29 heavy (non-hydrogen) atoms. The van der Waals surface area contributed by atoms with Gasteiger partial charge < -0.3 is 9.47 Å². The first-order valence-corrected chi connectivity index (χ1v) is 12.6. The quantitative estimate of drug-likeness (QED) is 0.233. The minimum Gasteiger partial charge on any atom is -0.475 e. The summed E-state index contributed by atoms with van der Waals surface area (Å²) < 4.78 is 21.4. The molecule has 1 aliphatic heterocycles. The Labute approximate surface area is 184 Å². The zero-order valence-electron chi connectivity index (χ0n) is 18.3. The molecule has 0 bridgehead atoms. The van der Waals surface area contributed by atoms with Crippen LogP contribution in [0.25, 0.3) is 5.57 Å². The van der Waals surface area contributed by atoms with E-state index in [1.165, 1.54) is 42.8 Å². The van der Waals surface area contributed by atoms with Crippen molar-refractivity contribution in [2.45, 2.75) is 71.9 Å². The fourth-order valence-corrected chi connectivity index (χ4v) is 4.61. The molecule has 2 heterocycles. The molecule has 1 aromatic heterocycles. The lowest BCUT2D eigenvalue weighted by Gasteiger charge is -2.42. The number of hydrogen-bond acceptors (Lipinski definition) is 7. The Morgan fingerprint density at radius 1 is 1.24 bits per heavy atom. The summed E-state index contributed by atoms with van der Waals surface area (Å²) >= 11 is 2.44. The number of hydrogen-bond donors (Lipinski definition) is 0. The molecule has 0 radical (unpaired) electrons. The predicted octanol–water partition coefficient (Wildman–Crippen LogP) is 5.75. The molecule has 0 aromatic carbocycles. The highest BCUT2D eigenvalue weighted by Crippen LogP contribution is 2.33. The fraction of sp³-hybridized carbons (Fsp3) is 0.762. The molecular formula is C21H36N3O3S2+. The van der Waals surface area contributed by atoms with Crippen LogP contribution in [0, 0.1) is 0 Å². The smallest absolute Gasteiger partial charge is 0.371 e. The number of unbranched alkanes of at least 4 members (excludes halogenated alkanes) is 3. The highest BCUT2D eigenvalue weighted by atomic mass is 32.2. The lowest BCUT2D eigenvalue weighted by Crippen LogP contribution is -2.56. The van der Waals surface area contributed by atoms with Crippen molar-refractivity contribution < 1.29 is 18.8 Å². The number of likely N-dealkylation sites (N-methyl/N-ethyl adjacent to an activating group) is 1. The van der Waals surface area contributed by atoms with Crippen molar-refractivity contribution in [1.82, 2.24) is 8.75 Å². The Morgan fingerprint density at radius 3 is 2.79 bits per heavy atom.